The molecule has 0 bridgehead atoms. The highest BCUT2D eigenvalue weighted by Gasteiger charge is 2.26. The number of amides is 2. The van der Waals surface area contributed by atoms with E-state index in [0.29, 0.717) is 6.54 Å². The predicted octanol–water partition coefficient (Wildman–Crippen LogP) is 4.15. The van der Waals surface area contributed by atoms with Crippen LogP contribution in [0.3, 0.4) is 0 Å². The van der Waals surface area contributed by atoms with E-state index >= 15 is 0 Å². The Balaban J connectivity index is 2.16. The van der Waals surface area contributed by atoms with E-state index in [-0.39, 0.29) is 43.4 Å². The fourth-order valence-corrected chi connectivity index (χ4v) is 4.73. The van der Waals surface area contributed by atoms with E-state index in [1.807, 2.05) is 38.1 Å². The van der Waals surface area contributed by atoms with Crippen molar-refractivity contribution >= 4 is 27.5 Å². The number of nitrogens with one attached hydrogen (secondary N) is 1. The summed E-state index contributed by atoms with van der Waals surface area (Å²) in [7, 11) is -3.81. The van der Waals surface area contributed by atoms with Crippen LogP contribution in [0, 0.1) is 18.6 Å². The second kappa shape index (κ2) is 13.3. The Hall–Kier alpha value is -3.01. The van der Waals surface area contributed by atoms with Gasteiger partial charge in [-0.05, 0) is 44.4 Å². The van der Waals surface area contributed by atoms with Crippen molar-refractivity contribution in [3.63, 3.8) is 0 Å². The standard InChI is InChI=1S/C26H35F2N3O4S/c1-5-6-14-29-26(33)20(3)30(18-21-10-7-9-19(2)16-21)25(32)11-8-15-31(36(4,34)35)22-12-13-23(27)24(28)17-22/h7,9-10,12-13,16-17,20H,5-6,8,11,14-15,18H2,1-4H3,(H,29,33)/t20-/m0/s1. The number of halogens is 2. The Labute approximate surface area is 212 Å². The smallest absolute Gasteiger partial charge is 0.242 e. The number of aryl methyl sites for hydroxylation is 1. The molecule has 36 heavy (non-hydrogen) atoms. The van der Waals surface area contributed by atoms with Gasteiger partial charge in [0.1, 0.15) is 6.04 Å². The summed E-state index contributed by atoms with van der Waals surface area (Å²) < 4.78 is 52.6. The van der Waals surface area contributed by atoms with E-state index in [1.165, 1.54) is 11.0 Å². The third-order valence-corrected chi connectivity index (χ3v) is 6.97. The molecular formula is C26H35F2N3O4S. The average Bonchev–Trinajstić information content (AvgIpc) is 2.81. The Bertz CT molecular complexity index is 1160. The van der Waals surface area contributed by atoms with E-state index in [2.05, 4.69) is 5.32 Å². The van der Waals surface area contributed by atoms with E-state index in [1.54, 1.807) is 6.92 Å². The van der Waals surface area contributed by atoms with E-state index in [0.717, 1.165) is 46.7 Å². The molecule has 0 aliphatic heterocycles. The van der Waals surface area contributed by atoms with Crippen molar-refractivity contribution in [2.75, 3.05) is 23.7 Å². The van der Waals surface area contributed by atoms with Crippen molar-refractivity contribution in [1.29, 1.82) is 0 Å². The van der Waals surface area contributed by atoms with Crippen molar-refractivity contribution in [1.82, 2.24) is 10.2 Å². The van der Waals surface area contributed by atoms with Crippen LogP contribution in [0.4, 0.5) is 14.5 Å². The second-order valence-corrected chi connectivity index (χ2v) is 10.8. The summed E-state index contributed by atoms with van der Waals surface area (Å²) in [5, 5.41) is 2.85. The lowest BCUT2D eigenvalue weighted by Gasteiger charge is -2.29. The molecule has 0 spiro atoms. The molecular weight excluding hydrogens is 488 g/mol. The van der Waals surface area contributed by atoms with Gasteiger partial charge in [0.05, 0.1) is 11.9 Å². The molecule has 0 aliphatic carbocycles. The fourth-order valence-electron chi connectivity index (χ4n) is 3.77. The number of hydrogen-bond acceptors (Lipinski definition) is 4. The maximum Gasteiger partial charge on any atom is 0.242 e. The van der Waals surface area contributed by atoms with Crippen molar-refractivity contribution in [2.45, 2.75) is 59.0 Å². The number of hydrogen-bond donors (Lipinski definition) is 1. The van der Waals surface area contributed by atoms with Crippen LogP contribution in [0.1, 0.15) is 50.7 Å². The van der Waals surface area contributed by atoms with Crippen LogP contribution in [0.25, 0.3) is 0 Å². The molecule has 0 heterocycles. The molecule has 1 atom stereocenters. The van der Waals surface area contributed by atoms with Crippen molar-refractivity contribution in [3.8, 4) is 0 Å². The number of rotatable bonds is 13. The van der Waals surface area contributed by atoms with Crippen molar-refractivity contribution < 1.29 is 26.8 Å². The molecule has 1 N–H and O–H groups in total. The zero-order valence-corrected chi connectivity index (χ0v) is 22.1. The molecule has 0 saturated carbocycles. The monoisotopic (exact) mass is 523 g/mol. The zero-order chi connectivity index (χ0) is 26.9. The number of benzene rings is 2. The minimum absolute atomic E-state index is 0.0239. The van der Waals surface area contributed by atoms with Gasteiger partial charge >= 0.3 is 0 Å². The third-order valence-electron chi connectivity index (χ3n) is 5.78. The summed E-state index contributed by atoms with van der Waals surface area (Å²) in [5.41, 5.74) is 1.87. The summed E-state index contributed by atoms with van der Waals surface area (Å²) in [5.74, 6) is -2.82. The van der Waals surface area contributed by atoms with Crippen LogP contribution in [-0.4, -0.2) is 50.5 Å². The first kappa shape index (κ1) is 29.2. The normalized spacial score (nSPS) is 12.2. The average molecular weight is 524 g/mol. The van der Waals surface area contributed by atoms with Gasteiger partial charge in [-0.3, -0.25) is 13.9 Å². The first-order valence-electron chi connectivity index (χ1n) is 12.0. The number of unbranched alkanes of at least 4 members (excludes halogenated alkanes) is 1. The molecule has 2 aromatic carbocycles. The van der Waals surface area contributed by atoms with E-state index < -0.39 is 27.7 Å². The number of anilines is 1. The van der Waals surface area contributed by atoms with Crippen LogP contribution >= 0.6 is 0 Å². The summed E-state index contributed by atoms with van der Waals surface area (Å²) in [6, 6.07) is 9.75. The number of nitrogens with zero attached hydrogens (tertiary/aromatic N) is 2. The Morgan fingerprint density at radius 2 is 1.78 bits per heavy atom. The minimum Gasteiger partial charge on any atom is -0.354 e. The highest BCUT2D eigenvalue weighted by molar-refractivity contribution is 7.92. The van der Waals surface area contributed by atoms with E-state index in [9.17, 15) is 26.8 Å². The van der Waals surface area contributed by atoms with Gasteiger partial charge < -0.3 is 10.2 Å². The molecule has 2 amide bonds. The van der Waals surface area contributed by atoms with Crippen LogP contribution < -0.4 is 9.62 Å². The quantitative estimate of drug-likeness (QED) is 0.400. The van der Waals surface area contributed by atoms with Gasteiger partial charge in [-0.25, -0.2) is 17.2 Å². The minimum atomic E-state index is -3.81. The number of carbonyl (C=O) groups is 2. The van der Waals surface area contributed by atoms with Gasteiger partial charge in [-0.2, -0.15) is 0 Å². The second-order valence-electron chi connectivity index (χ2n) is 8.87. The third kappa shape index (κ3) is 8.58. The first-order valence-corrected chi connectivity index (χ1v) is 13.8. The zero-order valence-electron chi connectivity index (χ0n) is 21.3. The van der Waals surface area contributed by atoms with Gasteiger partial charge in [0, 0.05) is 32.1 Å². The number of sulfonamides is 1. The Morgan fingerprint density at radius 3 is 2.39 bits per heavy atom. The van der Waals surface area contributed by atoms with Gasteiger partial charge in [0.2, 0.25) is 21.8 Å². The number of carbonyl (C=O) groups excluding carboxylic acids is 2. The van der Waals surface area contributed by atoms with Crippen LogP contribution in [-0.2, 0) is 26.2 Å². The molecule has 0 aliphatic rings. The van der Waals surface area contributed by atoms with Crippen molar-refractivity contribution in [2.24, 2.45) is 0 Å². The lowest BCUT2D eigenvalue weighted by molar-refractivity contribution is -0.140. The molecule has 2 aromatic rings. The SMILES string of the molecule is CCCCNC(=O)[C@H](C)N(Cc1cccc(C)c1)C(=O)CCCN(c1ccc(F)c(F)c1)S(C)(=O)=O. The van der Waals surface area contributed by atoms with Gasteiger partial charge in [-0.1, -0.05) is 43.2 Å². The lowest BCUT2D eigenvalue weighted by Crippen LogP contribution is -2.48. The summed E-state index contributed by atoms with van der Waals surface area (Å²) in [6.07, 6.45) is 2.81. The molecule has 0 saturated heterocycles. The molecule has 0 radical (unpaired) electrons. The maximum atomic E-state index is 13.7. The van der Waals surface area contributed by atoms with Gasteiger partial charge in [0.25, 0.3) is 0 Å². The van der Waals surface area contributed by atoms with Crippen LogP contribution in [0.15, 0.2) is 42.5 Å². The molecule has 198 valence electrons. The highest BCUT2D eigenvalue weighted by atomic mass is 32.2. The maximum absolute atomic E-state index is 13.7. The van der Waals surface area contributed by atoms with Crippen molar-refractivity contribution in [3.05, 3.63) is 65.2 Å². The molecule has 0 aromatic heterocycles. The molecule has 0 unspecified atom stereocenters. The lowest BCUT2D eigenvalue weighted by atomic mass is 10.1. The molecule has 10 heteroatoms. The summed E-state index contributed by atoms with van der Waals surface area (Å²) >= 11 is 0. The van der Waals surface area contributed by atoms with Gasteiger partial charge in [0.15, 0.2) is 11.6 Å². The van der Waals surface area contributed by atoms with Crippen LogP contribution in [0.2, 0.25) is 0 Å². The first-order chi connectivity index (χ1) is 16.9. The summed E-state index contributed by atoms with van der Waals surface area (Å²) in [4.78, 5) is 27.4. The largest absolute Gasteiger partial charge is 0.354 e. The molecule has 2 rings (SSSR count). The highest BCUT2D eigenvalue weighted by Crippen LogP contribution is 2.21. The van der Waals surface area contributed by atoms with Crippen LogP contribution in [0.5, 0.6) is 0 Å². The fraction of sp³-hybridized carbons (Fsp3) is 0.462. The Kier molecular flexibility index (Phi) is 10.8. The Morgan fingerprint density at radius 1 is 1.06 bits per heavy atom. The molecule has 0 fully saturated rings. The van der Waals surface area contributed by atoms with Gasteiger partial charge in [-0.15, -0.1) is 0 Å². The van der Waals surface area contributed by atoms with E-state index in [4.69, 9.17) is 0 Å². The molecule has 7 nitrogen and oxygen atoms in total. The topological polar surface area (TPSA) is 86.8 Å². The summed E-state index contributed by atoms with van der Waals surface area (Å²) in [6.45, 7) is 6.26. The predicted molar refractivity (Wildman–Crippen MR) is 137 cm³/mol.